The lowest BCUT2D eigenvalue weighted by molar-refractivity contribution is -0.122. The molecule has 1 saturated heterocycles. The molecule has 0 aromatic heterocycles. The molecule has 0 radical (unpaired) electrons. The summed E-state index contributed by atoms with van der Waals surface area (Å²) in [5, 5.41) is 2.57. The predicted octanol–water partition coefficient (Wildman–Crippen LogP) is 1.22. The maximum atomic E-state index is 12.8. The van der Waals surface area contributed by atoms with Crippen molar-refractivity contribution in [2.75, 3.05) is 24.4 Å². The van der Waals surface area contributed by atoms with Gasteiger partial charge in [0, 0.05) is 13.1 Å². The molecule has 2 aromatic carbocycles. The van der Waals surface area contributed by atoms with Crippen LogP contribution in [0.3, 0.4) is 0 Å². The quantitative estimate of drug-likeness (QED) is 0.751. The standard InChI is InChI=1S/C18H21N3O5S2/c1-13-6-7-17(14(2)10-13)27(23,24)20-15-4-3-5-16(11-15)28(25,26)21-9-8-19-18(22)12-21/h3-7,10-11,20H,8-9,12H2,1-2H3,(H,19,22). The van der Waals surface area contributed by atoms with Crippen molar-refractivity contribution in [1.82, 2.24) is 9.62 Å². The highest BCUT2D eigenvalue weighted by Gasteiger charge is 2.29. The number of nitrogens with zero attached hydrogens (tertiary/aromatic N) is 1. The van der Waals surface area contributed by atoms with E-state index in [2.05, 4.69) is 10.0 Å². The van der Waals surface area contributed by atoms with Gasteiger partial charge in [0.25, 0.3) is 10.0 Å². The number of amides is 1. The van der Waals surface area contributed by atoms with Crippen LogP contribution < -0.4 is 10.0 Å². The first-order chi connectivity index (χ1) is 13.1. The fourth-order valence-corrected chi connectivity index (χ4v) is 5.72. The van der Waals surface area contributed by atoms with Crippen molar-refractivity contribution in [2.45, 2.75) is 23.6 Å². The van der Waals surface area contributed by atoms with Gasteiger partial charge in [-0.1, -0.05) is 23.8 Å². The van der Waals surface area contributed by atoms with Gasteiger partial charge < -0.3 is 5.32 Å². The van der Waals surface area contributed by atoms with E-state index in [-0.39, 0.29) is 41.0 Å². The number of carbonyl (C=O) groups is 1. The van der Waals surface area contributed by atoms with Crippen molar-refractivity contribution in [3.8, 4) is 0 Å². The highest BCUT2D eigenvalue weighted by molar-refractivity contribution is 7.92. The number of carbonyl (C=O) groups excluding carboxylic acids is 1. The molecular formula is C18H21N3O5S2. The molecule has 150 valence electrons. The molecule has 10 heteroatoms. The number of hydrogen-bond donors (Lipinski definition) is 2. The number of nitrogens with one attached hydrogen (secondary N) is 2. The van der Waals surface area contributed by atoms with E-state index in [1.54, 1.807) is 19.1 Å². The Morgan fingerprint density at radius 3 is 2.46 bits per heavy atom. The summed E-state index contributed by atoms with van der Waals surface area (Å²) < 4.78 is 54.5. The van der Waals surface area contributed by atoms with E-state index in [0.717, 1.165) is 9.87 Å². The predicted molar refractivity (Wildman–Crippen MR) is 105 cm³/mol. The maximum absolute atomic E-state index is 12.8. The van der Waals surface area contributed by atoms with Crippen molar-refractivity contribution in [2.24, 2.45) is 0 Å². The van der Waals surface area contributed by atoms with Crippen molar-refractivity contribution in [3.63, 3.8) is 0 Å². The van der Waals surface area contributed by atoms with Crippen LogP contribution in [0, 0.1) is 13.8 Å². The van der Waals surface area contributed by atoms with Crippen molar-refractivity contribution in [1.29, 1.82) is 0 Å². The smallest absolute Gasteiger partial charge is 0.262 e. The van der Waals surface area contributed by atoms with Crippen molar-refractivity contribution < 1.29 is 21.6 Å². The Morgan fingerprint density at radius 1 is 1.04 bits per heavy atom. The molecule has 1 amide bonds. The largest absolute Gasteiger partial charge is 0.354 e. The molecule has 1 aliphatic heterocycles. The third-order valence-corrected chi connectivity index (χ3v) is 7.73. The Balaban J connectivity index is 1.90. The molecule has 1 fully saturated rings. The zero-order chi connectivity index (χ0) is 20.5. The molecule has 0 unspecified atom stereocenters. The Morgan fingerprint density at radius 2 is 1.79 bits per heavy atom. The minimum Gasteiger partial charge on any atom is -0.354 e. The van der Waals surface area contributed by atoms with Crippen LogP contribution in [0.4, 0.5) is 5.69 Å². The number of anilines is 1. The second-order valence-corrected chi connectivity index (χ2v) is 10.2. The SMILES string of the molecule is Cc1ccc(S(=O)(=O)Nc2cccc(S(=O)(=O)N3CCNC(=O)C3)c2)c(C)c1. The van der Waals surface area contributed by atoms with Crippen LogP contribution in [0.15, 0.2) is 52.3 Å². The fourth-order valence-electron chi connectivity index (χ4n) is 3.00. The van der Waals surface area contributed by atoms with E-state index in [0.29, 0.717) is 5.56 Å². The number of rotatable bonds is 5. The van der Waals surface area contributed by atoms with E-state index in [1.165, 1.54) is 30.3 Å². The van der Waals surface area contributed by atoms with Gasteiger partial charge in [-0.15, -0.1) is 0 Å². The van der Waals surface area contributed by atoms with Crippen LogP contribution in [0.5, 0.6) is 0 Å². The first-order valence-corrected chi connectivity index (χ1v) is 11.5. The van der Waals surface area contributed by atoms with Gasteiger partial charge in [-0.25, -0.2) is 16.8 Å². The summed E-state index contributed by atoms with van der Waals surface area (Å²) in [6, 6.07) is 10.5. The van der Waals surface area contributed by atoms with E-state index in [4.69, 9.17) is 0 Å². The summed E-state index contributed by atoms with van der Waals surface area (Å²) in [5.41, 5.74) is 1.66. The molecule has 2 aromatic rings. The second-order valence-electron chi connectivity index (χ2n) is 6.59. The van der Waals surface area contributed by atoms with Crippen molar-refractivity contribution >= 4 is 31.6 Å². The highest BCUT2D eigenvalue weighted by atomic mass is 32.2. The monoisotopic (exact) mass is 423 g/mol. The molecule has 0 atom stereocenters. The van der Waals surface area contributed by atoms with Crippen LogP contribution >= 0.6 is 0 Å². The summed E-state index contributed by atoms with van der Waals surface area (Å²) in [7, 11) is -7.79. The van der Waals surface area contributed by atoms with E-state index < -0.39 is 20.0 Å². The average Bonchev–Trinajstić information content (AvgIpc) is 2.61. The molecule has 28 heavy (non-hydrogen) atoms. The van der Waals surface area contributed by atoms with E-state index in [1.807, 2.05) is 6.92 Å². The summed E-state index contributed by atoms with van der Waals surface area (Å²) in [5.74, 6) is -0.374. The molecular weight excluding hydrogens is 402 g/mol. The molecule has 0 bridgehead atoms. The Labute approximate surface area is 164 Å². The van der Waals surface area contributed by atoms with Gasteiger partial charge in [-0.2, -0.15) is 4.31 Å². The van der Waals surface area contributed by atoms with E-state index in [9.17, 15) is 21.6 Å². The summed E-state index contributed by atoms with van der Waals surface area (Å²) in [6.45, 7) is 3.69. The minimum absolute atomic E-state index is 0.0805. The van der Waals surface area contributed by atoms with Gasteiger partial charge in [-0.05, 0) is 43.7 Å². The molecule has 1 aliphatic rings. The molecule has 0 spiro atoms. The highest BCUT2D eigenvalue weighted by Crippen LogP contribution is 2.24. The number of sulfonamides is 2. The molecule has 0 saturated carbocycles. The van der Waals surface area contributed by atoms with Gasteiger partial charge >= 0.3 is 0 Å². The van der Waals surface area contributed by atoms with Gasteiger partial charge in [-0.3, -0.25) is 9.52 Å². The van der Waals surface area contributed by atoms with Gasteiger partial charge in [0.1, 0.15) is 0 Å². The first kappa shape index (κ1) is 20.3. The summed E-state index contributed by atoms with van der Waals surface area (Å²) >= 11 is 0. The summed E-state index contributed by atoms with van der Waals surface area (Å²) in [6.07, 6.45) is 0. The third-order valence-electron chi connectivity index (χ3n) is 4.35. The van der Waals surface area contributed by atoms with E-state index >= 15 is 0 Å². The number of benzene rings is 2. The zero-order valence-electron chi connectivity index (χ0n) is 15.5. The van der Waals surface area contributed by atoms with Gasteiger partial charge in [0.15, 0.2) is 0 Å². The number of hydrogen-bond acceptors (Lipinski definition) is 5. The van der Waals surface area contributed by atoms with Crippen LogP contribution in [0.1, 0.15) is 11.1 Å². The molecule has 0 aliphatic carbocycles. The molecule has 1 heterocycles. The fraction of sp³-hybridized carbons (Fsp3) is 0.278. The molecule has 2 N–H and O–H groups in total. The second kappa shape index (κ2) is 7.53. The Hall–Kier alpha value is -2.43. The maximum Gasteiger partial charge on any atom is 0.262 e. The minimum atomic E-state index is -3.91. The topological polar surface area (TPSA) is 113 Å². The lowest BCUT2D eigenvalue weighted by atomic mass is 10.2. The third kappa shape index (κ3) is 4.18. The Bertz CT molecular complexity index is 1130. The van der Waals surface area contributed by atoms with Crippen molar-refractivity contribution in [3.05, 3.63) is 53.6 Å². The normalized spacial score (nSPS) is 15.9. The number of aryl methyl sites for hydroxylation is 2. The lowest BCUT2D eigenvalue weighted by Gasteiger charge is -2.26. The zero-order valence-corrected chi connectivity index (χ0v) is 17.1. The van der Waals surface area contributed by atoms with Gasteiger partial charge in [0.05, 0.1) is 22.0 Å². The van der Waals surface area contributed by atoms with Crippen LogP contribution in [-0.4, -0.2) is 46.7 Å². The Kier molecular flexibility index (Phi) is 5.46. The average molecular weight is 424 g/mol. The first-order valence-electron chi connectivity index (χ1n) is 8.56. The van der Waals surface area contributed by atoms with Crippen LogP contribution in [0.25, 0.3) is 0 Å². The summed E-state index contributed by atoms with van der Waals surface area (Å²) in [4.78, 5) is 11.6. The van der Waals surface area contributed by atoms with Gasteiger partial charge in [0.2, 0.25) is 15.9 Å². The molecule has 3 rings (SSSR count). The number of piperazine rings is 1. The molecule has 8 nitrogen and oxygen atoms in total. The van der Waals surface area contributed by atoms with Crippen LogP contribution in [0.2, 0.25) is 0 Å². The van der Waals surface area contributed by atoms with Crippen LogP contribution in [-0.2, 0) is 24.8 Å². The lowest BCUT2D eigenvalue weighted by Crippen LogP contribution is -2.49.